The lowest BCUT2D eigenvalue weighted by molar-refractivity contribution is -0.141. The van der Waals surface area contributed by atoms with Gasteiger partial charge in [0.25, 0.3) is 0 Å². The lowest BCUT2D eigenvalue weighted by atomic mass is 10.0. The van der Waals surface area contributed by atoms with Gasteiger partial charge in [0, 0.05) is 11.6 Å². The molecule has 1 aliphatic rings. The molecule has 0 aromatic heterocycles. The van der Waals surface area contributed by atoms with E-state index in [1.54, 1.807) is 19.1 Å². The predicted octanol–water partition coefficient (Wildman–Crippen LogP) is 2.57. The first-order chi connectivity index (χ1) is 8.97. The third kappa shape index (κ3) is 3.10. The molecular weight excluding hydrogens is 249 g/mol. The molecule has 0 radical (unpaired) electrons. The summed E-state index contributed by atoms with van der Waals surface area (Å²) in [4.78, 5) is 22.8. The van der Waals surface area contributed by atoms with Crippen molar-refractivity contribution in [2.24, 2.45) is 11.8 Å². The summed E-state index contributed by atoms with van der Waals surface area (Å²) in [7, 11) is 0. The molecule has 1 fully saturated rings. The number of aliphatic carboxylic acids is 1. The van der Waals surface area contributed by atoms with Crippen LogP contribution in [0, 0.1) is 24.6 Å². The average Bonchev–Trinajstić information content (AvgIpc) is 2.83. The van der Waals surface area contributed by atoms with E-state index < -0.39 is 11.9 Å². The van der Waals surface area contributed by atoms with Gasteiger partial charge in [-0.3, -0.25) is 9.59 Å². The fourth-order valence-electron chi connectivity index (χ4n) is 2.36. The van der Waals surface area contributed by atoms with E-state index in [-0.39, 0.29) is 17.6 Å². The van der Waals surface area contributed by atoms with E-state index in [0.29, 0.717) is 30.5 Å². The number of carboxylic acids is 1. The summed E-state index contributed by atoms with van der Waals surface area (Å²) in [5.74, 6) is -2.19. The first-order valence-corrected chi connectivity index (χ1v) is 6.27. The molecule has 0 unspecified atom stereocenters. The number of hydrogen-bond donors (Lipinski definition) is 2. The first-order valence-electron chi connectivity index (χ1n) is 6.27. The predicted molar refractivity (Wildman–Crippen MR) is 68.2 cm³/mol. The second-order valence-corrected chi connectivity index (χ2v) is 5.00. The number of nitrogens with one attached hydrogen (secondary N) is 1. The second kappa shape index (κ2) is 5.38. The molecular formula is C14H16FNO3. The molecule has 1 aromatic carbocycles. The van der Waals surface area contributed by atoms with Crippen LogP contribution in [0.25, 0.3) is 0 Å². The summed E-state index contributed by atoms with van der Waals surface area (Å²) in [5.41, 5.74) is 0.927. The normalized spacial score (nSPS) is 22.2. The van der Waals surface area contributed by atoms with Crippen LogP contribution in [0.3, 0.4) is 0 Å². The van der Waals surface area contributed by atoms with Crippen LogP contribution in [-0.4, -0.2) is 17.0 Å². The van der Waals surface area contributed by atoms with Crippen molar-refractivity contribution in [1.82, 2.24) is 0 Å². The highest BCUT2D eigenvalue weighted by Crippen LogP contribution is 2.32. The van der Waals surface area contributed by atoms with Crippen LogP contribution in [0.15, 0.2) is 18.2 Å². The van der Waals surface area contributed by atoms with E-state index in [2.05, 4.69) is 5.32 Å². The van der Waals surface area contributed by atoms with Crippen molar-refractivity contribution < 1.29 is 19.1 Å². The maximum Gasteiger partial charge on any atom is 0.306 e. The number of anilines is 1. The molecule has 2 N–H and O–H groups in total. The zero-order valence-electron chi connectivity index (χ0n) is 10.6. The van der Waals surface area contributed by atoms with Gasteiger partial charge in [-0.15, -0.1) is 0 Å². The molecule has 2 atom stereocenters. The van der Waals surface area contributed by atoms with Gasteiger partial charge in [0.1, 0.15) is 5.82 Å². The molecule has 0 bridgehead atoms. The van der Waals surface area contributed by atoms with Crippen LogP contribution in [0.5, 0.6) is 0 Å². The highest BCUT2D eigenvalue weighted by Gasteiger charge is 2.33. The molecule has 1 aliphatic carbocycles. The number of rotatable bonds is 3. The Balaban J connectivity index is 1.98. The summed E-state index contributed by atoms with van der Waals surface area (Å²) in [5, 5.41) is 11.5. The fraction of sp³-hybridized carbons (Fsp3) is 0.429. The van der Waals surface area contributed by atoms with E-state index in [9.17, 15) is 14.0 Å². The summed E-state index contributed by atoms with van der Waals surface area (Å²) in [6.07, 6.45) is 1.45. The van der Waals surface area contributed by atoms with Crippen LogP contribution in [0.4, 0.5) is 10.1 Å². The van der Waals surface area contributed by atoms with Gasteiger partial charge in [0.2, 0.25) is 5.91 Å². The molecule has 0 aliphatic heterocycles. The van der Waals surface area contributed by atoms with E-state index in [0.717, 1.165) is 0 Å². The standard InChI is InChI=1S/C14H16FNO3/c1-8-2-5-11(7-12(8)15)16-13(17)9-3-4-10(6-9)14(18)19/h2,5,7,9-10H,3-4,6H2,1H3,(H,16,17)(H,18,19)/t9-,10+/m1/s1. The highest BCUT2D eigenvalue weighted by atomic mass is 19.1. The van der Waals surface area contributed by atoms with Crippen molar-refractivity contribution in [3.63, 3.8) is 0 Å². The number of aryl methyl sites for hydroxylation is 1. The molecule has 0 spiro atoms. The number of carbonyl (C=O) groups is 2. The zero-order chi connectivity index (χ0) is 14.0. The third-order valence-electron chi connectivity index (χ3n) is 3.59. The van der Waals surface area contributed by atoms with Crippen molar-refractivity contribution >= 4 is 17.6 Å². The Labute approximate surface area is 110 Å². The molecule has 0 heterocycles. The second-order valence-electron chi connectivity index (χ2n) is 5.00. The van der Waals surface area contributed by atoms with Gasteiger partial charge in [-0.2, -0.15) is 0 Å². The van der Waals surface area contributed by atoms with Gasteiger partial charge in [0.15, 0.2) is 0 Å². The number of amides is 1. The fourth-order valence-corrected chi connectivity index (χ4v) is 2.36. The molecule has 102 valence electrons. The van der Waals surface area contributed by atoms with E-state index >= 15 is 0 Å². The van der Waals surface area contributed by atoms with Gasteiger partial charge in [0.05, 0.1) is 5.92 Å². The number of halogens is 1. The van der Waals surface area contributed by atoms with Crippen molar-refractivity contribution in [2.75, 3.05) is 5.32 Å². The van der Waals surface area contributed by atoms with Crippen molar-refractivity contribution in [1.29, 1.82) is 0 Å². The first kappa shape index (κ1) is 13.5. The number of carboxylic acid groups (broad SMARTS) is 1. The van der Waals surface area contributed by atoms with Crippen LogP contribution in [0.2, 0.25) is 0 Å². The monoisotopic (exact) mass is 265 g/mol. The minimum absolute atomic E-state index is 0.230. The smallest absolute Gasteiger partial charge is 0.306 e. The van der Waals surface area contributed by atoms with Crippen LogP contribution in [0.1, 0.15) is 24.8 Å². The highest BCUT2D eigenvalue weighted by molar-refractivity contribution is 5.93. The van der Waals surface area contributed by atoms with E-state index in [1.165, 1.54) is 6.07 Å². The van der Waals surface area contributed by atoms with Crippen LogP contribution >= 0.6 is 0 Å². The topological polar surface area (TPSA) is 66.4 Å². The molecule has 0 saturated heterocycles. The Morgan fingerprint density at radius 3 is 2.58 bits per heavy atom. The lowest BCUT2D eigenvalue weighted by Crippen LogP contribution is -2.21. The molecule has 1 saturated carbocycles. The van der Waals surface area contributed by atoms with Gasteiger partial charge in [-0.05, 0) is 43.9 Å². The zero-order valence-corrected chi connectivity index (χ0v) is 10.6. The van der Waals surface area contributed by atoms with E-state index in [1.807, 2.05) is 0 Å². The van der Waals surface area contributed by atoms with Crippen molar-refractivity contribution in [3.05, 3.63) is 29.6 Å². The maximum absolute atomic E-state index is 13.3. The SMILES string of the molecule is Cc1ccc(NC(=O)[C@@H]2CC[C@H](C(=O)O)C2)cc1F. The molecule has 1 aromatic rings. The Morgan fingerprint density at radius 2 is 2.00 bits per heavy atom. The summed E-state index contributed by atoms with van der Waals surface area (Å²) >= 11 is 0. The third-order valence-corrected chi connectivity index (χ3v) is 3.59. The Morgan fingerprint density at radius 1 is 1.32 bits per heavy atom. The average molecular weight is 265 g/mol. The number of benzene rings is 1. The Kier molecular flexibility index (Phi) is 3.83. The summed E-state index contributed by atoms with van der Waals surface area (Å²) in [6.45, 7) is 1.65. The molecule has 2 rings (SSSR count). The van der Waals surface area contributed by atoms with Crippen LogP contribution in [-0.2, 0) is 9.59 Å². The quantitative estimate of drug-likeness (QED) is 0.882. The summed E-state index contributed by atoms with van der Waals surface area (Å²) < 4.78 is 13.3. The van der Waals surface area contributed by atoms with E-state index in [4.69, 9.17) is 5.11 Å². The molecule has 1 amide bonds. The minimum Gasteiger partial charge on any atom is -0.481 e. The lowest BCUT2D eigenvalue weighted by Gasteiger charge is -2.11. The molecule has 19 heavy (non-hydrogen) atoms. The summed E-state index contributed by atoms with van der Waals surface area (Å²) in [6, 6.07) is 4.51. The molecule has 4 nitrogen and oxygen atoms in total. The van der Waals surface area contributed by atoms with Gasteiger partial charge < -0.3 is 10.4 Å². The van der Waals surface area contributed by atoms with Gasteiger partial charge >= 0.3 is 5.97 Å². The number of hydrogen-bond acceptors (Lipinski definition) is 2. The maximum atomic E-state index is 13.3. The largest absolute Gasteiger partial charge is 0.481 e. The van der Waals surface area contributed by atoms with Crippen molar-refractivity contribution in [3.8, 4) is 0 Å². The van der Waals surface area contributed by atoms with Crippen molar-refractivity contribution in [2.45, 2.75) is 26.2 Å². The minimum atomic E-state index is -0.850. The van der Waals surface area contributed by atoms with Crippen LogP contribution < -0.4 is 5.32 Å². The van der Waals surface area contributed by atoms with Gasteiger partial charge in [-0.1, -0.05) is 6.07 Å². The Bertz CT molecular complexity index is 515. The molecule has 5 heteroatoms. The Hall–Kier alpha value is -1.91. The van der Waals surface area contributed by atoms with Gasteiger partial charge in [-0.25, -0.2) is 4.39 Å². The number of carbonyl (C=O) groups excluding carboxylic acids is 1.